The molecule has 0 spiro atoms. The minimum atomic E-state index is -0.607. The zero-order valence-corrected chi connectivity index (χ0v) is 18.6. The number of para-hydroxylation sites is 1. The first-order valence-corrected chi connectivity index (χ1v) is 10.3. The molecule has 0 saturated heterocycles. The van der Waals surface area contributed by atoms with Crippen molar-refractivity contribution < 1.29 is 23.8 Å². The van der Waals surface area contributed by atoms with Gasteiger partial charge in [0.05, 0.1) is 10.2 Å². The summed E-state index contributed by atoms with van der Waals surface area (Å²) in [6, 6.07) is 18.3. The third-order valence-electron chi connectivity index (χ3n) is 4.26. The van der Waals surface area contributed by atoms with E-state index < -0.39 is 17.6 Å². The van der Waals surface area contributed by atoms with Gasteiger partial charge in [-0.15, -0.1) is 0 Å². The first kappa shape index (κ1) is 23.5. The molecule has 0 aromatic heterocycles. The second-order valence-electron chi connectivity index (χ2n) is 6.68. The van der Waals surface area contributed by atoms with Crippen LogP contribution in [0.4, 0.5) is 15.8 Å². The van der Waals surface area contributed by atoms with E-state index in [4.69, 9.17) is 4.74 Å². The fourth-order valence-corrected chi connectivity index (χ4v) is 3.19. The summed E-state index contributed by atoms with van der Waals surface area (Å²) in [6.07, 6.45) is 1.40. The Morgan fingerprint density at radius 1 is 1.09 bits per heavy atom. The molecule has 3 aromatic carbocycles. The summed E-state index contributed by atoms with van der Waals surface area (Å²) in [6.45, 7) is -0.347. The maximum absolute atomic E-state index is 13.6. The lowest BCUT2D eigenvalue weighted by atomic mass is 10.1. The summed E-state index contributed by atoms with van der Waals surface area (Å²) >= 11 is 3.33. The molecule has 0 heterocycles. The van der Waals surface area contributed by atoms with E-state index in [1.165, 1.54) is 48.5 Å². The number of aromatic hydroxyl groups is 1. The predicted octanol–water partition coefficient (Wildman–Crippen LogP) is 4.86. The Morgan fingerprint density at radius 3 is 2.48 bits per heavy atom. The highest BCUT2D eigenvalue weighted by molar-refractivity contribution is 9.10. The van der Waals surface area contributed by atoms with Crippen molar-refractivity contribution in [1.29, 1.82) is 5.26 Å². The number of hydrogen-bond donors (Lipinski definition) is 3. The molecule has 3 rings (SSSR count). The third-order valence-corrected chi connectivity index (χ3v) is 4.88. The SMILES string of the molecule is N#C/C(=C\c1ccc(OCC(=O)Nc2ccccc2F)c(Br)c1)C(=O)Nc1ccc(O)cc1. The van der Waals surface area contributed by atoms with Gasteiger partial charge in [-0.1, -0.05) is 18.2 Å². The smallest absolute Gasteiger partial charge is 0.266 e. The van der Waals surface area contributed by atoms with Crippen molar-refractivity contribution >= 4 is 45.2 Å². The van der Waals surface area contributed by atoms with E-state index in [2.05, 4.69) is 26.6 Å². The van der Waals surface area contributed by atoms with Gasteiger partial charge in [-0.2, -0.15) is 5.26 Å². The van der Waals surface area contributed by atoms with Crippen LogP contribution in [0.1, 0.15) is 5.56 Å². The first-order chi connectivity index (χ1) is 15.9. The summed E-state index contributed by atoms with van der Waals surface area (Å²) in [5, 5.41) is 23.7. The summed E-state index contributed by atoms with van der Waals surface area (Å²) < 4.78 is 19.6. The van der Waals surface area contributed by atoms with Crippen LogP contribution in [0.5, 0.6) is 11.5 Å². The molecule has 0 aliphatic rings. The molecule has 0 saturated carbocycles. The number of halogens is 2. The van der Waals surface area contributed by atoms with Crippen LogP contribution in [-0.4, -0.2) is 23.5 Å². The van der Waals surface area contributed by atoms with Crippen molar-refractivity contribution in [1.82, 2.24) is 0 Å². The zero-order chi connectivity index (χ0) is 23.8. The molecule has 33 heavy (non-hydrogen) atoms. The molecule has 3 N–H and O–H groups in total. The zero-order valence-electron chi connectivity index (χ0n) is 17.0. The molecular formula is C24H17BrFN3O4. The number of rotatable bonds is 7. The van der Waals surface area contributed by atoms with Crippen LogP contribution < -0.4 is 15.4 Å². The quantitative estimate of drug-likeness (QED) is 0.239. The molecule has 0 bridgehead atoms. The van der Waals surface area contributed by atoms with Gasteiger partial charge in [0.2, 0.25) is 0 Å². The number of carbonyl (C=O) groups excluding carboxylic acids is 2. The lowest BCUT2D eigenvalue weighted by Gasteiger charge is -2.10. The van der Waals surface area contributed by atoms with E-state index in [1.807, 2.05) is 6.07 Å². The van der Waals surface area contributed by atoms with E-state index in [1.54, 1.807) is 24.3 Å². The Balaban J connectivity index is 1.63. The summed E-state index contributed by atoms with van der Waals surface area (Å²) in [7, 11) is 0. The topological polar surface area (TPSA) is 111 Å². The monoisotopic (exact) mass is 509 g/mol. The van der Waals surface area contributed by atoms with Gasteiger partial charge in [-0.3, -0.25) is 9.59 Å². The Bertz CT molecular complexity index is 1250. The van der Waals surface area contributed by atoms with Gasteiger partial charge < -0.3 is 20.5 Å². The predicted molar refractivity (Wildman–Crippen MR) is 125 cm³/mol. The molecule has 0 fully saturated rings. The number of anilines is 2. The minimum absolute atomic E-state index is 0.0558. The maximum atomic E-state index is 13.6. The summed E-state index contributed by atoms with van der Waals surface area (Å²) in [5.41, 5.74) is 0.896. The molecule has 0 atom stereocenters. The summed E-state index contributed by atoms with van der Waals surface area (Å²) in [5.74, 6) is -1.28. The summed E-state index contributed by atoms with van der Waals surface area (Å²) in [4.78, 5) is 24.4. The van der Waals surface area contributed by atoms with E-state index in [-0.39, 0.29) is 23.6 Å². The van der Waals surface area contributed by atoms with Crippen LogP contribution in [0, 0.1) is 17.1 Å². The van der Waals surface area contributed by atoms with Crippen LogP contribution in [0.2, 0.25) is 0 Å². The molecule has 0 aliphatic carbocycles. The van der Waals surface area contributed by atoms with Crippen molar-refractivity contribution in [3.05, 3.63) is 88.2 Å². The van der Waals surface area contributed by atoms with Gasteiger partial charge in [0.1, 0.15) is 29.0 Å². The molecule has 2 amide bonds. The van der Waals surface area contributed by atoms with E-state index in [0.717, 1.165) is 0 Å². The second-order valence-corrected chi connectivity index (χ2v) is 7.53. The average molecular weight is 510 g/mol. The van der Waals surface area contributed by atoms with Gasteiger partial charge in [-0.05, 0) is 76.1 Å². The minimum Gasteiger partial charge on any atom is -0.508 e. The second kappa shape index (κ2) is 10.9. The Kier molecular flexibility index (Phi) is 7.78. The Morgan fingerprint density at radius 2 is 1.82 bits per heavy atom. The van der Waals surface area contributed by atoms with Gasteiger partial charge in [0, 0.05) is 5.69 Å². The van der Waals surface area contributed by atoms with Crippen LogP contribution in [0.15, 0.2) is 76.8 Å². The van der Waals surface area contributed by atoms with Crippen LogP contribution in [-0.2, 0) is 9.59 Å². The average Bonchev–Trinajstić information content (AvgIpc) is 2.80. The number of benzene rings is 3. The number of phenols is 1. The number of carbonyl (C=O) groups is 2. The van der Waals surface area contributed by atoms with E-state index >= 15 is 0 Å². The molecule has 9 heteroatoms. The van der Waals surface area contributed by atoms with E-state index in [9.17, 15) is 24.3 Å². The van der Waals surface area contributed by atoms with Crippen LogP contribution in [0.3, 0.4) is 0 Å². The van der Waals surface area contributed by atoms with Crippen molar-refractivity contribution in [3.63, 3.8) is 0 Å². The molecular weight excluding hydrogens is 493 g/mol. The number of nitrogens with zero attached hydrogens (tertiary/aromatic N) is 1. The standard InChI is InChI=1S/C24H17BrFN3O4/c25-19-12-15(11-16(13-27)24(32)28-17-6-8-18(30)9-7-17)5-10-22(19)33-14-23(31)29-21-4-2-1-3-20(21)26/h1-12,30H,14H2,(H,28,32)(H,29,31)/b16-11+. The first-order valence-electron chi connectivity index (χ1n) is 9.54. The third kappa shape index (κ3) is 6.66. The molecule has 0 aliphatic heterocycles. The number of amides is 2. The molecule has 3 aromatic rings. The van der Waals surface area contributed by atoms with Crippen molar-refractivity contribution in [2.45, 2.75) is 0 Å². The number of nitriles is 1. The lowest BCUT2D eigenvalue weighted by Crippen LogP contribution is -2.20. The number of nitrogens with one attached hydrogen (secondary N) is 2. The fourth-order valence-electron chi connectivity index (χ4n) is 2.67. The molecule has 7 nitrogen and oxygen atoms in total. The Labute approximate surface area is 197 Å². The van der Waals surface area contributed by atoms with Crippen molar-refractivity contribution in [2.75, 3.05) is 17.2 Å². The molecule has 166 valence electrons. The maximum Gasteiger partial charge on any atom is 0.266 e. The molecule has 0 unspecified atom stereocenters. The van der Waals surface area contributed by atoms with E-state index in [0.29, 0.717) is 21.5 Å². The largest absolute Gasteiger partial charge is 0.508 e. The fraction of sp³-hybridized carbons (Fsp3) is 0.0417. The highest BCUT2D eigenvalue weighted by Crippen LogP contribution is 2.27. The Hall–Kier alpha value is -4.16. The lowest BCUT2D eigenvalue weighted by molar-refractivity contribution is -0.118. The highest BCUT2D eigenvalue weighted by atomic mass is 79.9. The highest BCUT2D eigenvalue weighted by Gasteiger charge is 2.12. The van der Waals surface area contributed by atoms with Crippen LogP contribution in [0.25, 0.3) is 6.08 Å². The van der Waals surface area contributed by atoms with Gasteiger partial charge in [0.25, 0.3) is 11.8 Å². The molecule has 0 radical (unpaired) electrons. The number of phenolic OH excluding ortho intramolecular Hbond substituents is 1. The van der Waals surface area contributed by atoms with Crippen LogP contribution >= 0.6 is 15.9 Å². The number of hydrogen-bond acceptors (Lipinski definition) is 5. The van der Waals surface area contributed by atoms with Crippen molar-refractivity contribution in [3.8, 4) is 17.6 Å². The van der Waals surface area contributed by atoms with Gasteiger partial charge >= 0.3 is 0 Å². The normalized spacial score (nSPS) is 10.8. The van der Waals surface area contributed by atoms with Gasteiger partial charge in [-0.25, -0.2) is 4.39 Å². The number of ether oxygens (including phenoxy) is 1. The van der Waals surface area contributed by atoms with Crippen molar-refractivity contribution in [2.24, 2.45) is 0 Å². The van der Waals surface area contributed by atoms with Gasteiger partial charge in [0.15, 0.2) is 6.61 Å².